The van der Waals surface area contributed by atoms with Gasteiger partial charge in [-0.3, -0.25) is 0 Å². The van der Waals surface area contributed by atoms with Gasteiger partial charge in [-0.15, -0.1) is 0 Å². The molecule has 3 aromatic rings. The molecule has 0 atom stereocenters. The average molecular weight is 428 g/mol. The van der Waals surface area contributed by atoms with Gasteiger partial charge in [0.2, 0.25) is 5.95 Å². The van der Waals surface area contributed by atoms with Crippen molar-refractivity contribution in [1.82, 2.24) is 15.3 Å². The molecule has 2 aromatic carbocycles. The summed E-state index contributed by atoms with van der Waals surface area (Å²) in [7, 11) is 0. The number of hydrogen-bond acceptors (Lipinski definition) is 6. The van der Waals surface area contributed by atoms with E-state index in [-0.39, 0.29) is 0 Å². The topological polar surface area (TPSA) is 71.1 Å². The van der Waals surface area contributed by atoms with E-state index in [4.69, 9.17) is 4.74 Å². The summed E-state index contributed by atoms with van der Waals surface area (Å²) in [6, 6.07) is 16.3. The Balaban J connectivity index is 1.23. The third-order valence-electron chi connectivity index (χ3n) is 5.98. The SMILES string of the molecule is CC1=Cc2cc(Nc3ccnc(Nc4cccc(OCC5CCNCC5)c4)n3)ccc2C1. The zero-order chi connectivity index (χ0) is 21.8. The highest BCUT2D eigenvalue weighted by Gasteiger charge is 2.14. The second-order valence-electron chi connectivity index (χ2n) is 8.63. The van der Waals surface area contributed by atoms with E-state index in [9.17, 15) is 0 Å². The van der Waals surface area contributed by atoms with E-state index >= 15 is 0 Å². The molecule has 2 aliphatic rings. The normalized spacial score (nSPS) is 15.7. The highest BCUT2D eigenvalue weighted by Crippen LogP contribution is 2.28. The Labute approximate surface area is 189 Å². The van der Waals surface area contributed by atoms with Gasteiger partial charge in [-0.25, -0.2) is 4.98 Å². The fourth-order valence-corrected chi connectivity index (χ4v) is 4.28. The van der Waals surface area contributed by atoms with Crippen LogP contribution >= 0.6 is 0 Å². The third kappa shape index (κ3) is 5.08. The summed E-state index contributed by atoms with van der Waals surface area (Å²) in [6.45, 7) is 5.10. The molecule has 0 unspecified atom stereocenters. The van der Waals surface area contributed by atoms with Crippen molar-refractivity contribution in [2.45, 2.75) is 26.2 Å². The maximum Gasteiger partial charge on any atom is 0.229 e. The quantitative estimate of drug-likeness (QED) is 0.475. The molecule has 5 rings (SSSR count). The predicted molar refractivity (Wildman–Crippen MR) is 130 cm³/mol. The molecular weight excluding hydrogens is 398 g/mol. The first-order chi connectivity index (χ1) is 15.7. The van der Waals surface area contributed by atoms with Crippen LogP contribution in [0.1, 0.15) is 30.9 Å². The van der Waals surface area contributed by atoms with Crippen LogP contribution in [0.25, 0.3) is 6.08 Å². The molecule has 3 N–H and O–H groups in total. The summed E-state index contributed by atoms with van der Waals surface area (Å²) < 4.78 is 6.05. The van der Waals surface area contributed by atoms with E-state index in [0.717, 1.165) is 49.1 Å². The molecule has 1 aromatic heterocycles. The average Bonchev–Trinajstić information content (AvgIpc) is 3.18. The van der Waals surface area contributed by atoms with Gasteiger partial charge in [-0.1, -0.05) is 23.8 Å². The number of aromatic nitrogens is 2. The van der Waals surface area contributed by atoms with Crippen molar-refractivity contribution in [1.29, 1.82) is 0 Å². The zero-order valence-corrected chi connectivity index (χ0v) is 18.4. The van der Waals surface area contributed by atoms with E-state index in [2.05, 4.69) is 57.1 Å². The lowest BCUT2D eigenvalue weighted by Gasteiger charge is -2.22. The molecule has 0 saturated carbocycles. The van der Waals surface area contributed by atoms with Crippen LogP contribution in [0.3, 0.4) is 0 Å². The third-order valence-corrected chi connectivity index (χ3v) is 5.98. The number of fused-ring (bicyclic) bond motifs is 1. The Kier molecular flexibility index (Phi) is 6.03. The van der Waals surface area contributed by atoms with Crippen molar-refractivity contribution < 1.29 is 4.74 Å². The Morgan fingerprint density at radius 2 is 1.91 bits per heavy atom. The van der Waals surface area contributed by atoms with Crippen LogP contribution in [0.5, 0.6) is 5.75 Å². The van der Waals surface area contributed by atoms with Crippen molar-refractivity contribution in [3.05, 3.63) is 71.4 Å². The van der Waals surface area contributed by atoms with E-state index in [1.54, 1.807) is 6.20 Å². The minimum atomic E-state index is 0.544. The number of hydrogen-bond donors (Lipinski definition) is 3. The van der Waals surface area contributed by atoms with Crippen molar-refractivity contribution in [3.8, 4) is 5.75 Å². The molecule has 0 bridgehead atoms. The second kappa shape index (κ2) is 9.40. The first-order valence-corrected chi connectivity index (χ1v) is 11.3. The van der Waals surface area contributed by atoms with Gasteiger partial charge in [-0.05, 0) is 86.7 Å². The predicted octanol–water partition coefficient (Wildman–Crippen LogP) is 5.30. The van der Waals surface area contributed by atoms with Gasteiger partial charge in [0.1, 0.15) is 11.6 Å². The van der Waals surface area contributed by atoms with E-state index in [1.165, 1.54) is 29.5 Å². The Bertz CT molecular complexity index is 1120. The highest BCUT2D eigenvalue weighted by molar-refractivity contribution is 5.70. The zero-order valence-electron chi connectivity index (χ0n) is 18.4. The molecular formula is C26H29N5O. The van der Waals surface area contributed by atoms with Crippen molar-refractivity contribution in [3.63, 3.8) is 0 Å². The molecule has 0 radical (unpaired) electrons. The second-order valence-corrected chi connectivity index (χ2v) is 8.63. The number of rotatable bonds is 7. The van der Waals surface area contributed by atoms with Gasteiger partial charge in [-0.2, -0.15) is 4.98 Å². The minimum absolute atomic E-state index is 0.544. The standard InChI is InChI=1S/C26H29N5O/c1-18-13-20-5-6-23(15-21(20)14-18)29-25-9-12-28-26(31-25)30-22-3-2-4-24(16-22)32-17-19-7-10-27-11-8-19/h2-6,9,12,14-16,19,27H,7-8,10-11,13,17H2,1H3,(H2,28,29,30,31). The lowest BCUT2D eigenvalue weighted by Crippen LogP contribution is -2.30. The number of nitrogens with one attached hydrogen (secondary N) is 3. The lowest BCUT2D eigenvalue weighted by atomic mass is 9.99. The summed E-state index contributed by atoms with van der Waals surface area (Å²) in [6.07, 6.45) is 7.38. The Morgan fingerprint density at radius 1 is 1.03 bits per heavy atom. The molecule has 0 spiro atoms. The van der Waals surface area contributed by atoms with Crippen LogP contribution in [0.4, 0.5) is 23.1 Å². The smallest absolute Gasteiger partial charge is 0.229 e. The molecule has 164 valence electrons. The largest absolute Gasteiger partial charge is 0.493 e. The van der Waals surface area contributed by atoms with Crippen LogP contribution in [-0.2, 0) is 6.42 Å². The van der Waals surface area contributed by atoms with Gasteiger partial charge in [0.05, 0.1) is 6.61 Å². The molecule has 1 fully saturated rings. The van der Waals surface area contributed by atoms with Gasteiger partial charge >= 0.3 is 0 Å². The van der Waals surface area contributed by atoms with Gasteiger partial charge in [0.15, 0.2) is 0 Å². The number of ether oxygens (including phenoxy) is 1. The Morgan fingerprint density at radius 3 is 2.81 bits per heavy atom. The first kappa shape index (κ1) is 20.5. The van der Waals surface area contributed by atoms with Crippen molar-refractivity contribution in [2.75, 3.05) is 30.3 Å². The summed E-state index contributed by atoms with van der Waals surface area (Å²) in [4.78, 5) is 9.00. The number of piperidine rings is 1. The monoisotopic (exact) mass is 427 g/mol. The number of allylic oxidation sites excluding steroid dienone is 1. The highest BCUT2D eigenvalue weighted by atomic mass is 16.5. The summed E-state index contributed by atoms with van der Waals surface area (Å²) in [5, 5.41) is 10.1. The summed E-state index contributed by atoms with van der Waals surface area (Å²) in [5.41, 5.74) is 5.98. The maximum absolute atomic E-state index is 6.05. The molecule has 6 heteroatoms. The molecule has 2 heterocycles. The first-order valence-electron chi connectivity index (χ1n) is 11.3. The summed E-state index contributed by atoms with van der Waals surface area (Å²) >= 11 is 0. The fourth-order valence-electron chi connectivity index (χ4n) is 4.28. The fraction of sp³-hybridized carbons (Fsp3) is 0.308. The minimum Gasteiger partial charge on any atom is -0.493 e. The van der Waals surface area contributed by atoms with Gasteiger partial charge < -0.3 is 20.7 Å². The van der Waals surface area contributed by atoms with E-state index in [0.29, 0.717) is 11.9 Å². The van der Waals surface area contributed by atoms with Crippen molar-refractivity contribution in [2.24, 2.45) is 5.92 Å². The van der Waals surface area contributed by atoms with Crippen molar-refractivity contribution >= 4 is 29.2 Å². The van der Waals surface area contributed by atoms with E-state index in [1.807, 2.05) is 30.3 Å². The lowest BCUT2D eigenvalue weighted by molar-refractivity contribution is 0.215. The molecule has 1 aliphatic carbocycles. The number of benzene rings is 2. The molecule has 6 nitrogen and oxygen atoms in total. The Hall–Kier alpha value is -3.38. The van der Waals surface area contributed by atoms with Crippen LogP contribution in [-0.4, -0.2) is 29.7 Å². The summed E-state index contributed by atoms with van der Waals surface area (Å²) in [5.74, 6) is 2.78. The molecule has 1 saturated heterocycles. The van der Waals surface area contributed by atoms with Crippen LogP contribution < -0.4 is 20.7 Å². The van der Waals surface area contributed by atoms with Crippen LogP contribution in [0, 0.1) is 5.92 Å². The number of anilines is 4. The number of nitrogens with zero attached hydrogens (tertiary/aromatic N) is 2. The van der Waals surface area contributed by atoms with Gasteiger partial charge in [0, 0.05) is 23.6 Å². The molecule has 0 amide bonds. The van der Waals surface area contributed by atoms with Crippen LogP contribution in [0.2, 0.25) is 0 Å². The maximum atomic E-state index is 6.05. The van der Waals surface area contributed by atoms with Crippen LogP contribution in [0.15, 0.2) is 60.3 Å². The van der Waals surface area contributed by atoms with E-state index < -0.39 is 0 Å². The molecule has 32 heavy (non-hydrogen) atoms. The molecule has 1 aliphatic heterocycles. The van der Waals surface area contributed by atoms with Gasteiger partial charge in [0.25, 0.3) is 0 Å².